The van der Waals surface area contributed by atoms with Crippen LogP contribution in [-0.4, -0.2) is 14.7 Å². The fourth-order valence-electron chi connectivity index (χ4n) is 1.83. The van der Waals surface area contributed by atoms with Crippen LogP contribution in [0.1, 0.15) is 25.6 Å². The molecule has 0 saturated carbocycles. The summed E-state index contributed by atoms with van der Waals surface area (Å²) in [4.78, 5) is 4.40. The lowest BCUT2D eigenvalue weighted by Crippen LogP contribution is -1.94. The Kier molecular flexibility index (Phi) is 3.82. The fraction of sp³-hybridized carbons (Fsp3) is 0.267. The van der Waals surface area contributed by atoms with Gasteiger partial charge in [0.15, 0.2) is 0 Å². The Morgan fingerprint density at radius 2 is 2.00 bits per heavy atom. The Morgan fingerprint density at radius 1 is 1.28 bits per heavy atom. The maximum absolute atomic E-state index is 9.29. The van der Waals surface area contributed by atoms with Crippen LogP contribution in [0.15, 0.2) is 36.5 Å². The third kappa shape index (κ3) is 2.62. The van der Waals surface area contributed by atoms with Crippen molar-refractivity contribution in [1.82, 2.24) is 9.55 Å². The van der Waals surface area contributed by atoms with Gasteiger partial charge in [0.05, 0.1) is 11.9 Å². The van der Waals surface area contributed by atoms with Gasteiger partial charge >= 0.3 is 0 Å². The number of unbranched alkanes of at least 4 members (excludes halogenated alkanes) is 1. The molecular weight excluding hydrogens is 224 g/mol. The van der Waals surface area contributed by atoms with Crippen molar-refractivity contribution in [1.29, 1.82) is 0 Å². The summed E-state index contributed by atoms with van der Waals surface area (Å²) >= 11 is 0. The predicted molar refractivity (Wildman–Crippen MR) is 74.3 cm³/mol. The minimum atomic E-state index is 0.281. The van der Waals surface area contributed by atoms with E-state index in [4.69, 9.17) is 0 Å². The van der Waals surface area contributed by atoms with Crippen molar-refractivity contribution < 1.29 is 5.11 Å². The summed E-state index contributed by atoms with van der Waals surface area (Å²) in [5, 5.41) is 9.29. The van der Waals surface area contributed by atoms with Gasteiger partial charge in [-0.3, -0.25) is 0 Å². The molecule has 0 atom stereocenters. The Morgan fingerprint density at radius 3 is 2.67 bits per heavy atom. The molecule has 0 unspecified atom stereocenters. The van der Waals surface area contributed by atoms with Gasteiger partial charge < -0.3 is 9.67 Å². The lowest BCUT2D eigenvalue weighted by atomic mass is 10.1. The highest BCUT2D eigenvalue weighted by Crippen LogP contribution is 2.22. The van der Waals surface area contributed by atoms with Gasteiger partial charge in [0.25, 0.3) is 0 Å². The zero-order valence-corrected chi connectivity index (χ0v) is 10.8. The van der Waals surface area contributed by atoms with Crippen LogP contribution in [0.25, 0.3) is 17.3 Å². The van der Waals surface area contributed by atoms with Crippen LogP contribution in [0.2, 0.25) is 0 Å². The van der Waals surface area contributed by atoms with Gasteiger partial charge in [-0.05, 0) is 36.8 Å². The van der Waals surface area contributed by atoms with Crippen LogP contribution in [0.3, 0.4) is 0 Å². The first-order valence-corrected chi connectivity index (χ1v) is 6.20. The fourth-order valence-corrected chi connectivity index (χ4v) is 1.83. The highest BCUT2D eigenvalue weighted by molar-refractivity contribution is 5.62. The van der Waals surface area contributed by atoms with Crippen LogP contribution < -0.4 is 0 Å². The second-order valence-corrected chi connectivity index (χ2v) is 4.30. The van der Waals surface area contributed by atoms with Crippen LogP contribution in [-0.2, 0) is 7.05 Å². The van der Waals surface area contributed by atoms with Crippen molar-refractivity contribution in [3.8, 4) is 17.0 Å². The monoisotopic (exact) mass is 242 g/mol. The first kappa shape index (κ1) is 12.4. The van der Waals surface area contributed by atoms with Gasteiger partial charge in [-0.2, -0.15) is 0 Å². The highest BCUT2D eigenvalue weighted by Gasteiger charge is 2.06. The Hall–Kier alpha value is -2.03. The summed E-state index contributed by atoms with van der Waals surface area (Å²) in [5.41, 5.74) is 2.10. The van der Waals surface area contributed by atoms with E-state index in [1.807, 2.05) is 31.5 Å². The van der Waals surface area contributed by atoms with E-state index >= 15 is 0 Å². The predicted octanol–water partition coefficient (Wildman–Crippen LogP) is 3.61. The number of aromatic nitrogens is 2. The molecule has 0 radical (unpaired) electrons. The number of imidazole rings is 1. The maximum atomic E-state index is 9.29. The number of phenols is 1. The molecule has 94 valence electrons. The summed E-state index contributed by atoms with van der Waals surface area (Å²) in [6.07, 6.45) is 8.27. The van der Waals surface area contributed by atoms with Crippen LogP contribution in [0.4, 0.5) is 0 Å². The number of allylic oxidation sites excluding steroid dienone is 1. The summed E-state index contributed by atoms with van der Waals surface area (Å²) in [6, 6.07) is 7.17. The van der Waals surface area contributed by atoms with Crippen LogP contribution in [0, 0.1) is 0 Å². The number of aromatic hydroxyl groups is 1. The molecule has 0 amide bonds. The molecule has 1 N–H and O–H groups in total. The largest absolute Gasteiger partial charge is 0.508 e. The molecule has 0 bridgehead atoms. The van der Waals surface area contributed by atoms with E-state index < -0.39 is 0 Å². The van der Waals surface area contributed by atoms with E-state index in [1.165, 1.54) is 0 Å². The van der Waals surface area contributed by atoms with Gasteiger partial charge in [0.2, 0.25) is 0 Å². The number of rotatable bonds is 4. The van der Waals surface area contributed by atoms with Crippen molar-refractivity contribution in [2.45, 2.75) is 19.8 Å². The Balaban J connectivity index is 2.27. The highest BCUT2D eigenvalue weighted by atomic mass is 16.3. The number of hydrogen-bond donors (Lipinski definition) is 1. The van der Waals surface area contributed by atoms with E-state index in [9.17, 15) is 5.11 Å². The molecule has 0 aliphatic carbocycles. The van der Waals surface area contributed by atoms with E-state index in [-0.39, 0.29) is 5.75 Å². The smallest absolute Gasteiger partial charge is 0.132 e. The molecule has 0 saturated heterocycles. The minimum Gasteiger partial charge on any atom is -0.508 e. The standard InChI is InChI=1S/C15H18N2O/c1-3-4-5-6-15-16-11-14(17(15)2)12-7-9-13(18)10-8-12/h5-11,18H,3-4H2,1-2H3. The van der Waals surface area contributed by atoms with Crippen molar-refractivity contribution in [3.63, 3.8) is 0 Å². The second kappa shape index (κ2) is 5.54. The molecule has 0 aliphatic heterocycles. The average Bonchev–Trinajstić information content (AvgIpc) is 2.73. The summed E-state index contributed by atoms with van der Waals surface area (Å²) in [7, 11) is 2.00. The first-order chi connectivity index (χ1) is 8.72. The molecule has 3 heteroatoms. The average molecular weight is 242 g/mol. The molecule has 0 spiro atoms. The van der Waals surface area contributed by atoms with Crippen LogP contribution in [0.5, 0.6) is 5.75 Å². The first-order valence-electron chi connectivity index (χ1n) is 6.20. The van der Waals surface area contributed by atoms with Crippen molar-refractivity contribution in [3.05, 3.63) is 42.4 Å². The zero-order chi connectivity index (χ0) is 13.0. The summed E-state index contributed by atoms with van der Waals surface area (Å²) in [5.74, 6) is 1.23. The number of nitrogens with zero attached hydrogens (tertiary/aromatic N) is 2. The Bertz CT molecular complexity index is 538. The molecule has 2 aromatic rings. The molecule has 1 heterocycles. The van der Waals surface area contributed by atoms with Crippen molar-refractivity contribution >= 4 is 6.08 Å². The number of hydrogen-bond acceptors (Lipinski definition) is 2. The van der Waals surface area contributed by atoms with Gasteiger partial charge in [-0.1, -0.05) is 19.4 Å². The Labute approximate surface area is 107 Å². The SMILES string of the molecule is CCCC=Cc1ncc(-c2ccc(O)cc2)n1C. The molecule has 0 aliphatic rings. The van der Waals surface area contributed by atoms with Crippen molar-refractivity contribution in [2.75, 3.05) is 0 Å². The lowest BCUT2D eigenvalue weighted by Gasteiger charge is -2.04. The van der Waals surface area contributed by atoms with Crippen LogP contribution >= 0.6 is 0 Å². The molecule has 3 nitrogen and oxygen atoms in total. The molecule has 1 aromatic carbocycles. The van der Waals surface area contributed by atoms with E-state index in [2.05, 4.69) is 22.6 Å². The molecule has 18 heavy (non-hydrogen) atoms. The van der Waals surface area contributed by atoms with Gasteiger partial charge in [0, 0.05) is 12.6 Å². The lowest BCUT2D eigenvalue weighted by molar-refractivity contribution is 0.475. The van der Waals surface area contributed by atoms with Gasteiger partial charge in [-0.15, -0.1) is 0 Å². The third-order valence-electron chi connectivity index (χ3n) is 2.91. The molecule has 0 fully saturated rings. The molecule has 2 rings (SSSR count). The van der Waals surface area contributed by atoms with E-state index in [1.54, 1.807) is 12.1 Å². The zero-order valence-electron chi connectivity index (χ0n) is 10.8. The van der Waals surface area contributed by atoms with Gasteiger partial charge in [-0.25, -0.2) is 4.98 Å². The summed E-state index contributed by atoms with van der Waals surface area (Å²) in [6.45, 7) is 2.16. The topological polar surface area (TPSA) is 38.1 Å². The van der Waals surface area contributed by atoms with Gasteiger partial charge in [0.1, 0.15) is 11.6 Å². The molecule has 1 aromatic heterocycles. The third-order valence-corrected chi connectivity index (χ3v) is 2.91. The second-order valence-electron chi connectivity index (χ2n) is 4.30. The maximum Gasteiger partial charge on any atom is 0.132 e. The van der Waals surface area contributed by atoms with E-state index in [0.717, 1.165) is 29.9 Å². The normalized spacial score (nSPS) is 11.2. The number of benzene rings is 1. The minimum absolute atomic E-state index is 0.281. The summed E-state index contributed by atoms with van der Waals surface area (Å²) < 4.78 is 2.05. The van der Waals surface area contributed by atoms with Crippen molar-refractivity contribution in [2.24, 2.45) is 7.05 Å². The molecular formula is C15H18N2O. The quantitative estimate of drug-likeness (QED) is 0.889. The van der Waals surface area contributed by atoms with E-state index in [0.29, 0.717) is 0 Å². The number of phenolic OH excluding ortho intramolecular Hbond substituents is 1.